The van der Waals surface area contributed by atoms with Gasteiger partial charge in [-0.25, -0.2) is 4.98 Å². The molecule has 0 saturated carbocycles. The summed E-state index contributed by atoms with van der Waals surface area (Å²) >= 11 is 0. The quantitative estimate of drug-likeness (QED) is 0.707. The van der Waals surface area contributed by atoms with E-state index in [0.717, 1.165) is 5.56 Å². The SMILES string of the molecule is COCCNC(=O)c1cccc(C(=O)NCc2ccccc2OC)n1. The molecule has 25 heavy (non-hydrogen) atoms. The van der Waals surface area contributed by atoms with Gasteiger partial charge < -0.3 is 20.1 Å². The molecule has 0 atom stereocenters. The molecular formula is C18H21N3O4. The van der Waals surface area contributed by atoms with Crippen LogP contribution in [-0.4, -0.2) is 44.2 Å². The molecule has 2 N–H and O–H groups in total. The maximum absolute atomic E-state index is 12.3. The van der Waals surface area contributed by atoms with Crippen LogP contribution in [0, 0.1) is 0 Å². The average Bonchev–Trinajstić information content (AvgIpc) is 2.66. The number of carbonyl (C=O) groups excluding carboxylic acids is 2. The molecule has 0 aliphatic heterocycles. The van der Waals surface area contributed by atoms with Crippen molar-refractivity contribution in [3.8, 4) is 5.75 Å². The van der Waals surface area contributed by atoms with E-state index in [4.69, 9.17) is 9.47 Å². The van der Waals surface area contributed by atoms with E-state index < -0.39 is 0 Å². The molecule has 132 valence electrons. The van der Waals surface area contributed by atoms with Crippen LogP contribution in [0.25, 0.3) is 0 Å². The fourth-order valence-corrected chi connectivity index (χ4v) is 2.16. The van der Waals surface area contributed by atoms with Gasteiger partial charge in [0.05, 0.1) is 13.7 Å². The van der Waals surface area contributed by atoms with Crippen molar-refractivity contribution in [2.75, 3.05) is 27.4 Å². The number of benzene rings is 1. The maximum Gasteiger partial charge on any atom is 0.270 e. The van der Waals surface area contributed by atoms with Gasteiger partial charge in [-0.3, -0.25) is 9.59 Å². The number of hydrogen-bond donors (Lipinski definition) is 2. The fourth-order valence-electron chi connectivity index (χ4n) is 2.16. The van der Waals surface area contributed by atoms with Crippen molar-refractivity contribution in [1.29, 1.82) is 0 Å². The number of methoxy groups -OCH3 is 2. The van der Waals surface area contributed by atoms with Crippen molar-refractivity contribution in [3.05, 3.63) is 59.4 Å². The largest absolute Gasteiger partial charge is 0.496 e. The van der Waals surface area contributed by atoms with E-state index in [-0.39, 0.29) is 23.2 Å². The molecule has 1 aromatic carbocycles. The summed E-state index contributed by atoms with van der Waals surface area (Å²) in [5, 5.41) is 5.44. The van der Waals surface area contributed by atoms with Gasteiger partial charge in [0, 0.05) is 25.8 Å². The highest BCUT2D eigenvalue weighted by molar-refractivity contribution is 5.96. The summed E-state index contributed by atoms with van der Waals surface area (Å²) in [6.07, 6.45) is 0. The van der Waals surface area contributed by atoms with Crippen LogP contribution in [0.3, 0.4) is 0 Å². The summed E-state index contributed by atoms with van der Waals surface area (Å²) in [6, 6.07) is 12.2. The van der Waals surface area contributed by atoms with Gasteiger partial charge in [0.15, 0.2) is 0 Å². The third kappa shape index (κ3) is 5.29. The van der Waals surface area contributed by atoms with E-state index in [1.54, 1.807) is 32.4 Å². The molecule has 7 heteroatoms. The highest BCUT2D eigenvalue weighted by Crippen LogP contribution is 2.16. The van der Waals surface area contributed by atoms with Crippen LogP contribution in [0.1, 0.15) is 26.5 Å². The minimum Gasteiger partial charge on any atom is -0.496 e. The zero-order chi connectivity index (χ0) is 18.1. The van der Waals surface area contributed by atoms with E-state index in [9.17, 15) is 9.59 Å². The van der Waals surface area contributed by atoms with Gasteiger partial charge in [0.1, 0.15) is 17.1 Å². The Labute approximate surface area is 146 Å². The van der Waals surface area contributed by atoms with Gasteiger partial charge in [-0.2, -0.15) is 0 Å². The molecule has 0 radical (unpaired) electrons. The van der Waals surface area contributed by atoms with E-state index in [1.807, 2.05) is 24.3 Å². The van der Waals surface area contributed by atoms with Gasteiger partial charge in [0.25, 0.3) is 11.8 Å². The lowest BCUT2D eigenvalue weighted by Crippen LogP contribution is -2.29. The topological polar surface area (TPSA) is 89.5 Å². The van der Waals surface area contributed by atoms with Crippen molar-refractivity contribution in [1.82, 2.24) is 15.6 Å². The van der Waals surface area contributed by atoms with Gasteiger partial charge in [-0.1, -0.05) is 24.3 Å². The number of para-hydroxylation sites is 1. The Morgan fingerprint density at radius 2 is 1.64 bits per heavy atom. The summed E-state index contributed by atoms with van der Waals surface area (Å²) < 4.78 is 10.1. The van der Waals surface area contributed by atoms with Crippen molar-refractivity contribution < 1.29 is 19.1 Å². The fraction of sp³-hybridized carbons (Fsp3) is 0.278. The van der Waals surface area contributed by atoms with Crippen LogP contribution < -0.4 is 15.4 Å². The van der Waals surface area contributed by atoms with Crippen LogP contribution in [0.15, 0.2) is 42.5 Å². The Balaban J connectivity index is 2.00. The molecule has 0 bridgehead atoms. The molecule has 1 aromatic heterocycles. The molecule has 2 amide bonds. The first-order chi connectivity index (χ1) is 12.2. The van der Waals surface area contributed by atoms with E-state index >= 15 is 0 Å². The highest BCUT2D eigenvalue weighted by Gasteiger charge is 2.12. The van der Waals surface area contributed by atoms with Crippen LogP contribution in [0.4, 0.5) is 0 Å². The summed E-state index contributed by atoms with van der Waals surface area (Å²) in [6.45, 7) is 1.08. The molecule has 0 saturated heterocycles. The maximum atomic E-state index is 12.3. The minimum absolute atomic E-state index is 0.175. The van der Waals surface area contributed by atoms with Gasteiger partial charge in [0.2, 0.25) is 0 Å². The second kappa shape index (κ2) is 9.39. The molecule has 2 aromatic rings. The minimum atomic E-state index is -0.363. The molecule has 0 aliphatic carbocycles. The second-order valence-corrected chi connectivity index (χ2v) is 5.15. The molecule has 0 fully saturated rings. The van der Waals surface area contributed by atoms with Crippen LogP contribution in [0.5, 0.6) is 5.75 Å². The number of pyridine rings is 1. The van der Waals surface area contributed by atoms with Gasteiger partial charge >= 0.3 is 0 Å². The first kappa shape index (κ1) is 18.4. The normalized spacial score (nSPS) is 10.2. The first-order valence-corrected chi connectivity index (χ1v) is 7.80. The summed E-state index contributed by atoms with van der Waals surface area (Å²) in [5.41, 5.74) is 1.21. The van der Waals surface area contributed by atoms with Crippen LogP contribution in [-0.2, 0) is 11.3 Å². The smallest absolute Gasteiger partial charge is 0.270 e. The molecule has 7 nitrogen and oxygen atoms in total. The molecular weight excluding hydrogens is 322 g/mol. The molecule has 0 unspecified atom stereocenters. The number of ether oxygens (including phenoxy) is 2. The number of amides is 2. The number of nitrogens with zero attached hydrogens (tertiary/aromatic N) is 1. The number of aromatic nitrogens is 1. The summed E-state index contributed by atoms with van der Waals surface area (Å²) in [7, 11) is 3.13. The van der Waals surface area contributed by atoms with Crippen LogP contribution in [0.2, 0.25) is 0 Å². The Hall–Kier alpha value is -2.93. The Kier molecular flexibility index (Phi) is 6.91. The van der Waals surface area contributed by atoms with E-state index in [1.165, 1.54) is 0 Å². The summed E-state index contributed by atoms with van der Waals surface area (Å²) in [5.74, 6) is -0.0177. The predicted octanol–water partition coefficient (Wildman–Crippen LogP) is 1.40. The van der Waals surface area contributed by atoms with Crippen molar-refractivity contribution in [2.24, 2.45) is 0 Å². The van der Waals surface area contributed by atoms with Crippen LogP contribution >= 0.6 is 0 Å². The third-order valence-electron chi connectivity index (χ3n) is 3.44. The lowest BCUT2D eigenvalue weighted by Gasteiger charge is -2.10. The lowest BCUT2D eigenvalue weighted by molar-refractivity contribution is 0.0930. The number of nitrogens with one attached hydrogen (secondary N) is 2. The predicted molar refractivity (Wildman–Crippen MR) is 92.6 cm³/mol. The van der Waals surface area contributed by atoms with Gasteiger partial charge in [-0.05, 0) is 18.2 Å². The second-order valence-electron chi connectivity index (χ2n) is 5.15. The first-order valence-electron chi connectivity index (χ1n) is 7.80. The molecule has 1 heterocycles. The van der Waals surface area contributed by atoms with Gasteiger partial charge in [-0.15, -0.1) is 0 Å². The van der Waals surface area contributed by atoms with Crippen molar-refractivity contribution in [3.63, 3.8) is 0 Å². The number of carbonyl (C=O) groups is 2. The molecule has 2 rings (SSSR count). The number of hydrogen-bond acceptors (Lipinski definition) is 5. The number of rotatable bonds is 8. The Morgan fingerprint density at radius 3 is 2.32 bits per heavy atom. The van der Waals surface area contributed by atoms with Crippen molar-refractivity contribution >= 4 is 11.8 Å². The Morgan fingerprint density at radius 1 is 0.960 bits per heavy atom. The van der Waals surface area contributed by atoms with E-state index in [0.29, 0.717) is 25.4 Å². The zero-order valence-electron chi connectivity index (χ0n) is 14.2. The average molecular weight is 343 g/mol. The monoisotopic (exact) mass is 343 g/mol. The zero-order valence-corrected chi connectivity index (χ0v) is 14.2. The molecule has 0 aliphatic rings. The highest BCUT2D eigenvalue weighted by atomic mass is 16.5. The third-order valence-corrected chi connectivity index (χ3v) is 3.44. The Bertz CT molecular complexity index is 734. The van der Waals surface area contributed by atoms with E-state index in [2.05, 4.69) is 15.6 Å². The lowest BCUT2D eigenvalue weighted by atomic mass is 10.2. The molecule has 0 spiro atoms. The standard InChI is InChI=1S/C18H21N3O4/c1-24-11-10-19-17(22)14-7-5-8-15(21-14)18(23)20-12-13-6-3-4-9-16(13)25-2/h3-9H,10-12H2,1-2H3,(H,19,22)(H,20,23). The van der Waals surface area contributed by atoms with Crippen molar-refractivity contribution in [2.45, 2.75) is 6.54 Å². The summed E-state index contributed by atoms with van der Waals surface area (Å²) in [4.78, 5) is 28.4.